The first-order chi connectivity index (χ1) is 9.13. The van der Waals surface area contributed by atoms with Gasteiger partial charge in [0, 0.05) is 22.3 Å². The van der Waals surface area contributed by atoms with Crippen LogP contribution in [0.3, 0.4) is 0 Å². The van der Waals surface area contributed by atoms with Gasteiger partial charge in [-0.25, -0.2) is 0 Å². The Hall–Kier alpha value is -0.750. The molecule has 0 radical (unpaired) electrons. The zero-order chi connectivity index (χ0) is 14.3. The maximum atomic E-state index is 9.46. The van der Waals surface area contributed by atoms with Gasteiger partial charge in [0.2, 0.25) is 0 Å². The number of nitrogens with one attached hydrogen (secondary N) is 1. The molecule has 0 fully saturated rings. The van der Waals surface area contributed by atoms with Gasteiger partial charge < -0.3 is 20.3 Å². The van der Waals surface area contributed by atoms with E-state index < -0.39 is 6.10 Å². The Bertz CT molecular complexity index is 387. The molecule has 0 aromatic heterocycles. The molecule has 0 amide bonds. The maximum absolute atomic E-state index is 9.46. The van der Waals surface area contributed by atoms with Crippen molar-refractivity contribution in [1.82, 2.24) is 5.32 Å². The van der Waals surface area contributed by atoms with Crippen molar-refractivity contribution in [3.05, 3.63) is 23.8 Å². The lowest BCUT2D eigenvalue weighted by molar-refractivity contribution is 0.113. The van der Waals surface area contributed by atoms with Crippen LogP contribution in [0.5, 0.6) is 5.75 Å². The number of aliphatic hydroxyl groups excluding tert-OH is 2. The molecule has 0 saturated heterocycles. The van der Waals surface area contributed by atoms with Crippen LogP contribution in [-0.2, 0) is 0 Å². The van der Waals surface area contributed by atoms with E-state index in [1.807, 2.05) is 18.2 Å². The smallest absolute Gasteiger partial charge is 0.124 e. The Labute approximate surface area is 119 Å². The van der Waals surface area contributed by atoms with E-state index in [0.29, 0.717) is 5.75 Å². The zero-order valence-electron chi connectivity index (χ0n) is 11.7. The average Bonchev–Trinajstić information content (AvgIpc) is 2.44. The molecule has 0 saturated carbocycles. The highest BCUT2D eigenvalue weighted by Gasteiger charge is 2.16. The minimum Gasteiger partial charge on any atom is -0.496 e. The summed E-state index contributed by atoms with van der Waals surface area (Å²) in [6.45, 7) is 4.82. The summed E-state index contributed by atoms with van der Waals surface area (Å²) in [7, 11) is 1.66. The fourth-order valence-electron chi connectivity index (χ4n) is 1.90. The molecule has 0 aliphatic heterocycles. The van der Waals surface area contributed by atoms with Crippen molar-refractivity contribution in [1.29, 1.82) is 0 Å². The van der Waals surface area contributed by atoms with E-state index in [0.717, 1.165) is 22.8 Å². The van der Waals surface area contributed by atoms with Gasteiger partial charge in [0.15, 0.2) is 0 Å². The summed E-state index contributed by atoms with van der Waals surface area (Å²) in [5.74, 6) is 1.31. The molecule has 2 atom stereocenters. The second-order valence-corrected chi connectivity index (χ2v) is 5.36. The molecule has 0 aliphatic rings. The summed E-state index contributed by atoms with van der Waals surface area (Å²) in [4.78, 5) is 1.07. The van der Waals surface area contributed by atoms with Crippen LogP contribution < -0.4 is 10.1 Å². The second-order valence-electron chi connectivity index (χ2n) is 4.30. The molecule has 0 aliphatic carbocycles. The van der Waals surface area contributed by atoms with Crippen LogP contribution in [-0.4, -0.2) is 42.3 Å². The third-order valence-electron chi connectivity index (χ3n) is 2.83. The molecule has 2 unspecified atom stereocenters. The highest BCUT2D eigenvalue weighted by Crippen LogP contribution is 2.35. The first-order valence-electron chi connectivity index (χ1n) is 6.46. The number of benzene rings is 1. The molecule has 1 aromatic rings. The molecule has 0 bridgehead atoms. The summed E-state index contributed by atoms with van der Waals surface area (Å²) in [6.07, 6.45) is -0.696. The molecule has 3 N–H and O–H groups in total. The average molecular weight is 285 g/mol. The number of hydrogen-bond acceptors (Lipinski definition) is 5. The standard InChI is InChI=1S/C14H23NO3S/c1-4-15-10(2)14-12(18-3)6-5-7-13(14)19-9-11(17)8-16/h5-7,10-11,15-17H,4,8-9H2,1-3H3. The second kappa shape index (κ2) is 8.43. The van der Waals surface area contributed by atoms with Gasteiger partial charge >= 0.3 is 0 Å². The quantitative estimate of drug-likeness (QED) is 0.636. The number of thioether (sulfide) groups is 1. The summed E-state index contributed by atoms with van der Waals surface area (Å²) in [5, 5.41) is 21.7. The van der Waals surface area contributed by atoms with Crippen LogP contribution in [0.1, 0.15) is 25.5 Å². The maximum Gasteiger partial charge on any atom is 0.124 e. The van der Waals surface area contributed by atoms with Crippen molar-refractivity contribution in [2.24, 2.45) is 0 Å². The Morgan fingerprint density at radius 3 is 2.74 bits per heavy atom. The summed E-state index contributed by atoms with van der Waals surface area (Å²) >= 11 is 1.53. The third kappa shape index (κ3) is 4.69. The minimum absolute atomic E-state index is 0.176. The Morgan fingerprint density at radius 1 is 1.42 bits per heavy atom. The largest absolute Gasteiger partial charge is 0.496 e. The molecule has 0 heterocycles. The molecular weight excluding hydrogens is 262 g/mol. The van der Waals surface area contributed by atoms with E-state index in [9.17, 15) is 5.11 Å². The van der Waals surface area contributed by atoms with Crippen LogP contribution in [0, 0.1) is 0 Å². The van der Waals surface area contributed by atoms with Crippen LogP contribution in [0.4, 0.5) is 0 Å². The minimum atomic E-state index is -0.696. The summed E-state index contributed by atoms with van der Waals surface area (Å²) < 4.78 is 5.42. The van der Waals surface area contributed by atoms with Gasteiger partial charge in [-0.05, 0) is 25.6 Å². The molecule has 4 nitrogen and oxygen atoms in total. The fraction of sp³-hybridized carbons (Fsp3) is 0.571. The highest BCUT2D eigenvalue weighted by molar-refractivity contribution is 7.99. The van der Waals surface area contributed by atoms with Crippen LogP contribution >= 0.6 is 11.8 Å². The van der Waals surface area contributed by atoms with Crippen molar-refractivity contribution < 1.29 is 14.9 Å². The number of aliphatic hydroxyl groups is 2. The van der Waals surface area contributed by atoms with Gasteiger partial charge in [-0.15, -0.1) is 11.8 Å². The van der Waals surface area contributed by atoms with E-state index in [4.69, 9.17) is 9.84 Å². The van der Waals surface area contributed by atoms with Crippen molar-refractivity contribution in [2.75, 3.05) is 26.0 Å². The van der Waals surface area contributed by atoms with Gasteiger partial charge in [-0.2, -0.15) is 0 Å². The van der Waals surface area contributed by atoms with E-state index in [1.165, 1.54) is 11.8 Å². The number of ether oxygens (including phenoxy) is 1. The Morgan fingerprint density at radius 2 is 2.16 bits per heavy atom. The molecule has 19 heavy (non-hydrogen) atoms. The summed E-state index contributed by atoms with van der Waals surface area (Å²) in [6, 6.07) is 6.07. The molecule has 1 rings (SSSR count). The number of hydrogen-bond donors (Lipinski definition) is 3. The molecule has 5 heteroatoms. The van der Waals surface area contributed by atoms with Gasteiger partial charge in [-0.1, -0.05) is 13.0 Å². The molecule has 108 valence electrons. The Balaban J connectivity index is 2.95. The van der Waals surface area contributed by atoms with Gasteiger partial charge in [-0.3, -0.25) is 0 Å². The predicted molar refractivity (Wildman–Crippen MR) is 78.9 cm³/mol. The fourth-order valence-corrected chi connectivity index (χ4v) is 2.99. The highest BCUT2D eigenvalue weighted by atomic mass is 32.2. The van der Waals surface area contributed by atoms with Crippen molar-refractivity contribution in [2.45, 2.75) is 30.9 Å². The van der Waals surface area contributed by atoms with Crippen LogP contribution in [0.2, 0.25) is 0 Å². The number of rotatable bonds is 8. The van der Waals surface area contributed by atoms with Crippen LogP contribution in [0.25, 0.3) is 0 Å². The predicted octanol–water partition coefficient (Wildman–Crippen LogP) is 1.81. The summed E-state index contributed by atoms with van der Waals surface area (Å²) in [5.41, 5.74) is 1.10. The van der Waals surface area contributed by atoms with Crippen molar-refractivity contribution in [3.63, 3.8) is 0 Å². The van der Waals surface area contributed by atoms with Crippen LogP contribution in [0.15, 0.2) is 23.1 Å². The van der Waals surface area contributed by atoms with Crippen molar-refractivity contribution in [3.8, 4) is 5.75 Å². The van der Waals surface area contributed by atoms with E-state index in [-0.39, 0.29) is 12.6 Å². The third-order valence-corrected chi connectivity index (χ3v) is 4.05. The number of methoxy groups -OCH3 is 1. The Kier molecular flexibility index (Phi) is 7.23. The molecule has 1 aromatic carbocycles. The molecular formula is C14H23NO3S. The zero-order valence-corrected chi connectivity index (χ0v) is 12.5. The van der Waals surface area contributed by atoms with Gasteiger partial charge in [0.05, 0.1) is 19.8 Å². The van der Waals surface area contributed by atoms with Gasteiger partial charge in [0.1, 0.15) is 5.75 Å². The lowest BCUT2D eigenvalue weighted by Crippen LogP contribution is -2.20. The SMILES string of the molecule is CCNC(C)c1c(OC)cccc1SCC(O)CO. The van der Waals surface area contributed by atoms with E-state index in [1.54, 1.807) is 7.11 Å². The lowest BCUT2D eigenvalue weighted by atomic mass is 10.1. The van der Waals surface area contributed by atoms with E-state index >= 15 is 0 Å². The van der Waals surface area contributed by atoms with Gasteiger partial charge in [0.25, 0.3) is 0 Å². The lowest BCUT2D eigenvalue weighted by Gasteiger charge is -2.20. The van der Waals surface area contributed by atoms with Crippen molar-refractivity contribution >= 4 is 11.8 Å². The topological polar surface area (TPSA) is 61.7 Å². The molecule has 0 spiro atoms. The van der Waals surface area contributed by atoms with E-state index in [2.05, 4.69) is 19.2 Å². The first-order valence-corrected chi connectivity index (χ1v) is 7.44. The first kappa shape index (κ1) is 16.3. The normalized spacial score (nSPS) is 14.2. The monoisotopic (exact) mass is 285 g/mol.